The smallest absolute Gasteiger partial charge is 0.0369 e. The molecule has 0 saturated carbocycles. The van der Waals surface area contributed by atoms with Crippen LogP contribution in [-0.4, -0.2) is 38.1 Å². The number of likely N-dealkylation sites (N-methyl/N-ethyl adjacent to an activating group) is 1. The first-order valence-electron chi connectivity index (χ1n) is 6.62. The van der Waals surface area contributed by atoms with Crippen molar-refractivity contribution in [2.75, 3.05) is 32.1 Å². The molecule has 1 saturated heterocycles. The zero-order valence-electron chi connectivity index (χ0n) is 11.5. The van der Waals surface area contributed by atoms with E-state index >= 15 is 0 Å². The molecule has 0 N–H and O–H groups in total. The van der Waals surface area contributed by atoms with Crippen molar-refractivity contribution in [3.8, 4) is 0 Å². The maximum absolute atomic E-state index is 2.51. The van der Waals surface area contributed by atoms with Gasteiger partial charge in [0.1, 0.15) is 0 Å². The highest BCUT2D eigenvalue weighted by molar-refractivity contribution is 5.51. The van der Waals surface area contributed by atoms with Gasteiger partial charge in [-0.15, -0.1) is 0 Å². The molecule has 1 fully saturated rings. The fourth-order valence-corrected chi connectivity index (χ4v) is 2.67. The molecule has 0 aliphatic carbocycles. The second-order valence-electron chi connectivity index (χ2n) is 5.32. The lowest BCUT2D eigenvalue weighted by atomic mass is 10.1. The minimum Gasteiger partial charge on any atom is -0.370 e. The van der Waals surface area contributed by atoms with Crippen LogP contribution in [0.3, 0.4) is 0 Å². The van der Waals surface area contributed by atoms with E-state index < -0.39 is 0 Å². The number of hydrogen-bond acceptors (Lipinski definition) is 2. The summed E-state index contributed by atoms with van der Waals surface area (Å²) in [7, 11) is 4.36. The van der Waals surface area contributed by atoms with Crippen LogP contribution in [0.15, 0.2) is 18.2 Å². The van der Waals surface area contributed by atoms with Crippen molar-refractivity contribution in [3.63, 3.8) is 0 Å². The third kappa shape index (κ3) is 2.63. The number of anilines is 1. The quantitative estimate of drug-likeness (QED) is 0.790. The molecule has 2 nitrogen and oxygen atoms in total. The highest BCUT2D eigenvalue weighted by Crippen LogP contribution is 2.24. The molecule has 1 atom stereocenters. The van der Waals surface area contributed by atoms with Crippen molar-refractivity contribution < 1.29 is 0 Å². The van der Waals surface area contributed by atoms with Gasteiger partial charge in [0.05, 0.1) is 0 Å². The maximum atomic E-state index is 2.51. The van der Waals surface area contributed by atoms with Crippen molar-refractivity contribution in [1.82, 2.24) is 4.90 Å². The summed E-state index contributed by atoms with van der Waals surface area (Å²) in [5.41, 5.74) is 4.29. The molecule has 2 heteroatoms. The first kappa shape index (κ1) is 12.4. The summed E-state index contributed by atoms with van der Waals surface area (Å²) in [6, 6.07) is 7.62. The third-order valence-electron chi connectivity index (χ3n) is 3.97. The van der Waals surface area contributed by atoms with E-state index in [4.69, 9.17) is 0 Å². The Morgan fingerprint density at radius 2 is 2.12 bits per heavy atom. The minimum atomic E-state index is 0.709. The summed E-state index contributed by atoms with van der Waals surface area (Å²) >= 11 is 0. The van der Waals surface area contributed by atoms with E-state index in [-0.39, 0.29) is 0 Å². The van der Waals surface area contributed by atoms with E-state index in [1.54, 1.807) is 0 Å². The second kappa shape index (κ2) is 5.09. The van der Waals surface area contributed by atoms with E-state index in [0.717, 1.165) is 13.0 Å². The Kier molecular flexibility index (Phi) is 3.72. The minimum absolute atomic E-state index is 0.709. The van der Waals surface area contributed by atoms with Crippen LogP contribution in [0.5, 0.6) is 0 Å². The molecule has 2 rings (SSSR count). The van der Waals surface area contributed by atoms with Crippen molar-refractivity contribution in [1.29, 1.82) is 0 Å². The van der Waals surface area contributed by atoms with Gasteiger partial charge in [-0.25, -0.2) is 0 Å². The largest absolute Gasteiger partial charge is 0.370 e. The molecule has 0 amide bonds. The van der Waals surface area contributed by atoms with Gasteiger partial charge in [-0.2, -0.15) is 0 Å². The summed E-state index contributed by atoms with van der Waals surface area (Å²) in [5.74, 6) is 0. The topological polar surface area (TPSA) is 6.48 Å². The molecule has 0 aromatic heterocycles. The molecule has 1 aromatic carbocycles. The van der Waals surface area contributed by atoms with E-state index in [1.165, 1.54) is 29.8 Å². The number of aryl methyl sites for hydroxylation is 2. The molecule has 1 unspecified atom stereocenters. The second-order valence-corrected chi connectivity index (χ2v) is 5.32. The predicted molar refractivity (Wildman–Crippen MR) is 74.9 cm³/mol. The molecule has 1 aliphatic rings. The van der Waals surface area contributed by atoms with E-state index in [1.807, 2.05) is 0 Å². The van der Waals surface area contributed by atoms with Gasteiger partial charge >= 0.3 is 0 Å². The van der Waals surface area contributed by atoms with Crippen LogP contribution in [0.2, 0.25) is 0 Å². The van der Waals surface area contributed by atoms with E-state index in [9.17, 15) is 0 Å². The number of hydrogen-bond donors (Lipinski definition) is 0. The lowest BCUT2D eigenvalue weighted by Crippen LogP contribution is -2.31. The Balaban J connectivity index is 2.11. The normalized spacial score (nSPS) is 20.3. The number of rotatable bonds is 3. The monoisotopic (exact) mass is 232 g/mol. The predicted octanol–water partition coefficient (Wildman–Crippen LogP) is 2.70. The zero-order chi connectivity index (χ0) is 12.4. The molecule has 0 radical (unpaired) electrons. The number of benzene rings is 1. The highest BCUT2D eigenvalue weighted by atomic mass is 15.2. The highest BCUT2D eigenvalue weighted by Gasteiger charge is 2.24. The summed E-state index contributed by atoms with van der Waals surface area (Å²) in [6.45, 7) is 6.80. The van der Waals surface area contributed by atoms with Crippen LogP contribution < -0.4 is 4.90 Å². The average molecular weight is 232 g/mol. The average Bonchev–Trinajstić information content (AvgIpc) is 2.78. The Hall–Kier alpha value is -1.02. The van der Waals surface area contributed by atoms with Crippen LogP contribution in [0.25, 0.3) is 0 Å². The molecular formula is C15H24N2. The van der Waals surface area contributed by atoms with Gasteiger partial charge in [0.2, 0.25) is 0 Å². The summed E-state index contributed by atoms with van der Waals surface area (Å²) in [6.07, 6.45) is 2.41. The first-order chi connectivity index (χ1) is 8.11. The van der Waals surface area contributed by atoms with Gasteiger partial charge in [-0.3, -0.25) is 0 Å². The standard InChI is InChI=1S/C15H24N2/c1-5-13-6-7-14(10-12(13)2)17-9-8-15(11-17)16(3)4/h6-7,10,15H,5,8-9,11H2,1-4H3. The first-order valence-corrected chi connectivity index (χ1v) is 6.62. The van der Waals surface area contributed by atoms with E-state index in [0.29, 0.717) is 6.04 Å². The van der Waals surface area contributed by atoms with E-state index in [2.05, 4.69) is 55.9 Å². The van der Waals surface area contributed by atoms with Crippen LogP contribution in [0.4, 0.5) is 5.69 Å². The molecule has 0 bridgehead atoms. The van der Waals surface area contributed by atoms with Crippen molar-refractivity contribution >= 4 is 5.69 Å². The van der Waals surface area contributed by atoms with Crippen molar-refractivity contribution in [3.05, 3.63) is 29.3 Å². The molecule has 94 valence electrons. The van der Waals surface area contributed by atoms with Gasteiger partial charge in [0, 0.05) is 24.8 Å². The van der Waals surface area contributed by atoms with Gasteiger partial charge in [0.15, 0.2) is 0 Å². The zero-order valence-corrected chi connectivity index (χ0v) is 11.5. The Morgan fingerprint density at radius 1 is 1.35 bits per heavy atom. The fraction of sp³-hybridized carbons (Fsp3) is 0.600. The Morgan fingerprint density at radius 3 is 2.65 bits per heavy atom. The molecule has 1 aromatic rings. The molecule has 1 heterocycles. The number of nitrogens with zero attached hydrogens (tertiary/aromatic N) is 2. The van der Waals surface area contributed by atoms with Gasteiger partial charge in [-0.1, -0.05) is 13.0 Å². The fourth-order valence-electron chi connectivity index (χ4n) is 2.67. The third-order valence-corrected chi connectivity index (χ3v) is 3.97. The molecule has 17 heavy (non-hydrogen) atoms. The van der Waals surface area contributed by atoms with Gasteiger partial charge in [0.25, 0.3) is 0 Å². The van der Waals surface area contributed by atoms with Crippen LogP contribution in [-0.2, 0) is 6.42 Å². The van der Waals surface area contributed by atoms with Gasteiger partial charge < -0.3 is 9.80 Å². The Bertz CT molecular complexity index is 385. The van der Waals surface area contributed by atoms with Crippen LogP contribution in [0, 0.1) is 6.92 Å². The SMILES string of the molecule is CCc1ccc(N2CCC(N(C)C)C2)cc1C. The maximum Gasteiger partial charge on any atom is 0.0369 e. The van der Waals surface area contributed by atoms with Crippen molar-refractivity contribution in [2.45, 2.75) is 32.7 Å². The molecule has 0 spiro atoms. The lowest BCUT2D eigenvalue weighted by Gasteiger charge is -2.22. The summed E-state index contributed by atoms with van der Waals surface area (Å²) < 4.78 is 0. The summed E-state index contributed by atoms with van der Waals surface area (Å²) in [4.78, 5) is 4.85. The summed E-state index contributed by atoms with van der Waals surface area (Å²) in [5, 5.41) is 0. The Labute approximate surface area is 105 Å². The van der Waals surface area contributed by atoms with Crippen LogP contribution in [0.1, 0.15) is 24.5 Å². The van der Waals surface area contributed by atoms with Crippen LogP contribution >= 0.6 is 0 Å². The van der Waals surface area contributed by atoms with Gasteiger partial charge in [-0.05, 0) is 57.1 Å². The molecular weight excluding hydrogens is 208 g/mol. The lowest BCUT2D eigenvalue weighted by molar-refractivity contribution is 0.315. The molecule has 1 aliphatic heterocycles. The van der Waals surface area contributed by atoms with Crippen molar-refractivity contribution in [2.24, 2.45) is 0 Å².